The summed E-state index contributed by atoms with van der Waals surface area (Å²) in [4.78, 5) is 40.8. The van der Waals surface area contributed by atoms with Crippen LogP contribution in [0.25, 0.3) is 5.69 Å². The van der Waals surface area contributed by atoms with Crippen LogP contribution < -0.4 is 19.3 Å². The molecule has 1 aromatic heterocycles. The number of hydrogen-bond donors (Lipinski definition) is 1. The van der Waals surface area contributed by atoms with E-state index in [9.17, 15) is 22.8 Å². The molecule has 0 fully saturated rings. The normalized spacial score (nSPS) is 12.8. The van der Waals surface area contributed by atoms with Crippen LogP contribution in [0.15, 0.2) is 48.5 Å². The quantitative estimate of drug-likeness (QED) is 0.355. The summed E-state index contributed by atoms with van der Waals surface area (Å²) < 4.78 is 44.1. The average Bonchev–Trinajstić information content (AvgIpc) is 3.39. The SMILES string of the molecule is CCCCN(C)CC(=O)N(C)c1ccc(N2CCc3c(OC)nn(-c4ccc(OC)cc4)c3C2=O)cc1.O=C(O)C(F)(F)F. The first-order chi connectivity index (χ1) is 20.8. The van der Waals surface area contributed by atoms with Crippen molar-refractivity contribution >= 4 is 29.2 Å². The molecule has 1 aliphatic heterocycles. The molecule has 4 rings (SSSR count). The van der Waals surface area contributed by atoms with E-state index in [1.54, 1.807) is 35.7 Å². The van der Waals surface area contributed by atoms with Gasteiger partial charge in [0.2, 0.25) is 11.8 Å². The van der Waals surface area contributed by atoms with Crippen molar-refractivity contribution in [3.8, 4) is 17.3 Å². The number of fused-ring (bicyclic) bond motifs is 1. The van der Waals surface area contributed by atoms with E-state index in [1.165, 1.54) is 0 Å². The standard InChI is InChI=1S/C28H35N5O4.C2HF3O2/c1-6-7-17-30(2)19-25(34)31(3)20-8-10-21(11-9-20)32-18-16-24-26(28(32)35)33(29-27(24)37-5)22-12-14-23(36-4)15-13-22;3-2(4,5)1(6)7/h8-15H,6-7,16-19H2,1-5H3;(H,6,7). The van der Waals surface area contributed by atoms with Gasteiger partial charge in [0.1, 0.15) is 11.4 Å². The first kappa shape index (κ1) is 33.9. The maximum Gasteiger partial charge on any atom is 0.490 e. The number of anilines is 2. The number of carbonyl (C=O) groups is 3. The predicted octanol–water partition coefficient (Wildman–Crippen LogP) is 4.42. The Morgan fingerprint density at radius 1 is 1.00 bits per heavy atom. The average molecular weight is 620 g/mol. The number of unbranched alkanes of at least 4 members (excludes halogenated alkanes) is 1. The number of carbonyl (C=O) groups excluding carboxylic acids is 2. The summed E-state index contributed by atoms with van der Waals surface area (Å²) in [6, 6.07) is 14.9. The van der Waals surface area contributed by atoms with E-state index >= 15 is 0 Å². The number of nitrogens with zero attached hydrogens (tertiary/aromatic N) is 5. The molecule has 0 saturated heterocycles. The van der Waals surface area contributed by atoms with Crippen molar-refractivity contribution in [1.82, 2.24) is 14.7 Å². The fraction of sp³-hybridized carbons (Fsp3) is 0.400. The Morgan fingerprint density at radius 3 is 2.11 bits per heavy atom. The Balaban J connectivity index is 0.000000676. The fourth-order valence-corrected chi connectivity index (χ4v) is 4.49. The van der Waals surface area contributed by atoms with Crippen LogP contribution in [0.4, 0.5) is 24.5 Å². The van der Waals surface area contributed by atoms with Gasteiger partial charge in [0.25, 0.3) is 5.91 Å². The first-order valence-electron chi connectivity index (χ1n) is 13.8. The summed E-state index contributed by atoms with van der Waals surface area (Å²) in [5.74, 6) is -1.70. The molecule has 0 saturated carbocycles. The van der Waals surface area contributed by atoms with Crippen molar-refractivity contribution in [2.24, 2.45) is 0 Å². The summed E-state index contributed by atoms with van der Waals surface area (Å²) >= 11 is 0. The van der Waals surface area contributed by atoms with E-state index in [-0.39, 0.29) is 11.8 Å². The summed E-state index contributed by atoms with van der Waals surface area (Å²) in [6.45, 7) is 3.90. The van der Waals surface area contributed by atoms with Gasteiger partial charge in [-0.15, -0.1) is 5.10 Å². The molecular weight excluding hydrogens is 583 g/mol. The molecule has 1 N–H and O–H groups in total. The molecule has 0 atom stereocenters. The third kappa shape index (κ3) is 8.07. The van der Waals surface area contributed by atoms with E-state index in [0.717, 1.165) is 47.8 Å². The van der Waals surface area contributed by atoms with Crippen LogP contribution in [0, 0.1) is 0 Å². The Kier molecular flexibility index (Phi) is 11.4. The molecule has 2 aromatic carbocycles. The molecule has 2 amide bonds. The number of aliphatic carboxylic acids is 1. The second kappa shape index (κ2) is 14.7. The van der Waals surface area contributed by atoms with Crippen LogP contribution in [0.5, 0.6) is 11.6 Å². The zero-order valence-corrected chi connectivity index (χ0v) is 25.2. The maximum atomic E-state index is 13.7. The van der Waals surface area contributed by atoms with Crippen LogP contribution in [0.1, 0.15) is 35.8 Å². The van der Waals surface area contributed by atoms with Crippen molar-refractivity contribution in [2.45, 2.75) is 32.4 Å². The van der Waals surface area contributed by atoms with Gasteiger partial charge in [-0.2, -0.15) is 13.2 Å². The molecule has 0 radical (unpaired) electrons. The van der Waals surface area contributed by atoms with Crippen LogP contribution in [0.2, 0.25) is 0 Å². The highest BCUT2D eigenvalue weighted by Gasteiger charge is 2.38. The minimum atomic E-state index is -5.08. The van der Waals surface area contributed by atoms with Gasteiger partial charge in [-0.3, -0.25) is 14.5 Å². The summed E-state index contributed by atoms with van der Waals surface area (Å²) in [7, 11) is 6.92. The number of amides is 2. The van der Waals surface area contributed by atoms with Crippen molar-refractivity contribution in [2.75, 3.05) is 57.7 Å². The van der Waals surface area contributed by atoms with Crippen molar-refractivity contribution < 1.29 is 42.1 Å². The molecule has 238 valence electrons. The maximum absolute atomic E-state index is 13.7. The van der Waals surface area contributed by atoms with Gasteiger partial charge in [-0.25, -0.2) is 9.48 Å². The van der Waals surface area contributed by atoms with Gasteiger partial charge in [0.05, 0.1) is 26.5 Å². The van der Waals surface area contributed by atoms with Gasteiger partial charge in [0.15, 0.2) is 0 Å². The van der Waals surface area contributed by atoms with Crippen molar-refractivity contribution in [3.63, 3.8) is 0 Å². The largest absolute Gasteiger partial charge is 0.497 e. The highest BCUT2D eigenvalue weighted by molar-refractivity contribution is 6.08. The Bertz CT molecular complexity index is 1440. The second-order valence-corrected chi connectivity index (χ2v) is 10.0. The van der Waals surface area contributed by atoms with Gasteiger partial charge >= 0.3 is 12.1 Å². The van der Waals surface area contributed by atoms with E-state index in [1.807, 2.05) is 60.5 Å². The first-order valence-corrected chi connectivity index (χ1v) is 13.8. The minimum absolute atomic E-state index is 0.0283. The molecule has 3 aromatic rings. The minimum Gasteiger partial charge on any atom is -0.497 e. The topological polar surface area (TPSA) is 117 Å². The summed E-state index contributed by atoms with van der Waals surface area (Å²) in [6.07, 6.45) is -2.30. The molecule has 0 unspecified atom stereocenters. The lowest BCUT2D eigenvalue weighted by molar-refractivity contribution is -0.192. The van der Waals surface area contributed by atoms with Crippen LogP contribution in [-0.2, 0) is 16.0 Å². The summed E-state index contributed by atoms with van der Waals surface area (Å²) in [5, 5.41) is 11.7. The van der Waals surface area contributed by atoms with Crippen LogP contribution in [0.3, 0.4) is 0 Å². The van der Waals surface area contributed by atoms with Crippen LogP contribution >= 0.6 is 0 Å². The third-order valence-corrected chi connectivity index (χ3v) is 6.95. The lowest BCUT2D eigenvalue weighted by Gasteiger charge is -2.28. The van der Waals surface area contributed by atoms with Gasteiger partial charge in [-0.1, -0.05) is 13.3 Å². The molecule has 44 heavy (non-hydrogen) atoms. The van der Waals surface area contributed by atoms with Crippen molar-refractivity contribution in [1.29, 1.82) is 0 Å². The number of rotatable bonds is 10. The van der Waals surface area contributed by atoms with Gasteiger partial charge in [-0.05, 0) is 75.0 Å². The number of aromatic nitrogens is 2. The molecule has 11 nitrogen and oxygen atoms in total. The zero-order chi connectivity index (χ0) is 32.6. The molecule has 0 aliphatic carbocycles. The zero-order valence-electron chi connectivity index (χ0n) is 25.2. The van der Waals surface area contributed by atoms with E-state index in [0.29, 0.717) is 31.1 Å². The van der Waals surface area contributed by atoms with E-state index in [2.05, 4.69) is 12.0 Å². The lowest BCUT2D eigenvalue weighted by Crippen LogP contribution is -2.39. The number of ether oxygens (including phenoxy) is 2. The van der Waals surface area contributed by atoms with Crippen LogP contribution in [-0.4, -0.2) is 91.7 Å². The Labute approximate surface area is 253 Å². The number of hydrogen-bond acceptors (Lipinski definition) is 7. The highest BCUT2D eigenvalue weighted by atomic mass is 19.4. The number of likely N-dealkylation sites (N-methyl/N-ethyl adjacent to an activating group) is 2. The summed E-state index contributed by atoms with van der Waals surface area (Å²) in [5.41, 5.74) is 3.58. The van der Waals surface area contributed by atoms with E-state index in [4.69, 9.17) is 19.4 Å². The highest BCUT2D eigenvalue weighted by Crippen LogP contribution is 2.33. The predicted molar refractivity (Wildman–Crippen MR) is 158 cm³/mol. The fourth-order valence-electron chi connectivity index (χ4n) is 4.49. The number of methoxy groups -OCH3 is 2. The molecule has 1 aliphatic rings. The Hall–Kier alpha value is -4.59. The molecule has 0 spiro atoms. The number of carboxylic acids is 1. The smallest absolute Gasteiger partial charge is 0.490 e. The molecular formula is C30H36F3N5O6. The van der Waals surface area contributed by atoms with Gasteiger partial charge < -0.3 is 24.4 Å². The second-order valence-electron chi connectivity index (χ2n) is 10.0. The Morgan fingerprint density at radius 2 is 1.59 bits per heavy atom. The number of alkyl halides is 3. The monoisotopic (exact) mass is 619 g/mol. The lowest BCUT2D eigenvalue weighted by atomic mass is 10.0. The number of carboxylic acid groups (broad SMARTS) is 1. The third-order valence-electron chi connectivity index (χ3n) is 6.95. The number of halogens is 3. The van der Waals surface area contributed by atoms with E-state index < -0.39 is 12.1 Å². The molecule has 0 bridgehead atoms. The number of benzene rings is 2. The molecule has 2 heterocycles. The van der Waals surface area contributed by atoms with Crippen molar-refractivity contribution in [3.05, 3.63) is 59.8 Å². The van der Waals surface area contributed by atoms with Gasteiger partial charge in [0, 0.05) is 30.5 Å². The molecule has 14 heteroatoms.